The molecule has 1 heterocycles. The first kappa shape index (κ1) is 9.66. The van der Waals surface area contributed by atoms with Crippen molar-refractivity contribution < 1.29 is 13.9 Å². The number of fused-ring (bicyclic) bond motifs is 1. The summed E-state index contributed by atoms with van der Waals surface area (Å²) in [7, 11) is 0. The van der Waals surface area contributed by atoms with Crippen molar-refractivity contribution in [1.82, 2.24) is 0 Å². The molecular weight excluding hydrogens is 197 g/mol. The molecule has 0 radical (unpaired) electrons. The second-order valence-electron chi connectivity index (χ2n) is 3.36. The molecule has 0 aliphatic carbocycles. The van der Waals surface area contributed by atoms with E-state index in [0.717, 1.165) is 6.29 Å². The number of rotatable bonds is 1. The molecule has 0 saturated carbocycles. The molecule has 4 heteroatoms. The summed E-state index contributed by atoms with van der Waals surface area (Å²) in [5, 5.41) is 8.63. The number of hydrogen-bond donors (Lipinski definition) is 0. The van der Waals surface area contributed by atoms with E-state index in [1.165, 1.54) is 12.1 Å². The maximum atomic E-state index is 13.3. The predicted octanol–water partition coefficient (Wildman–Crippen LogP) is 1.76. The van der Waals surface area contributed by atoms with Crippen LogP contribution in [0.3, 0.4) is 0 Å². The lowest BCUT2D eigenvalue weighted by molar-refractivity contribution is -0.109. The van der Waals surface area contributed by atoms with Gasteiger partial charge in [0.2, 0.25) is 0 Å². The van der Waals surface area contributed by atoms with E-state index in [4.69, 9.17) is 10.00 Å². The summed E-state index contributed by atoms with van der Waals surface area (Å²) in [6.45, 7) is 0.424. The third-order valence-electron chi connectivity index (χ3n) is 2.47. The van der Waals surface area contributed by atoms with Crippen molar-refractivity contribution in [3.05, 3.63) is 29.1 Å². The van der Waals surface area contributed by atoms with E-state index in [-0.39, 0.29) is 11.5 Å². The summed E-state index contributed by atoms with van der Waals surface area (Å²) in [5.41, 5.74) is 0.480. The lowest BCUT2D eigenvalue weighted by atomic mass is 9.93. The largest absolute Gasteiger partial charge is 0.493 e. The zero-order valence-electron chi connectivity index (χ0n) is 7.87. The van der Waals surface area contributed by atoms with Crippen molar-refractivity contribution in [3.63, 3.8) is 0 Å². The van der Waals surface area contributed by atoms with Gasteiger partial charge in [-0.25, -0.2) is 4.39 Å². The number of benzene rings is 1. The van der Waals surface area contributed by atoms with Gasteiger partial charge in [-0.2, -0.15) is 5.26 Å². The van der Waals surface area contributed by atoms with Crippen LogP contribution in [-0.4, -0.2) is 12.9 Å². The molecule has 0 bridgehead atoms. The molecule has 0 spiro atoms. The Labute approximate surface area is 86.1 Å². The van der Waals surface area contributed by atoms with Crippen molar-refractivity contribution in [2.75, 3.05) is 6.61 Å². The average Bonchev–Trinajstić information content (AvgIpc) is 2.27. The molecule has 0 unspecified atom stereocenters. The Kier molecular flexibility index (Phi) is 2.38. The molecular formula is C11H8FNO2. The highest BCUT2D eigenvalue weighted by Gasteiger charge is 2.23. The fourth-order valence-corrected chi connectivity index (χ4v) is 1.66. The van der Waals surface area contributed by atoms with Gasteiger partial charge in [0.25, 0.3) is 0 Å². The molecule has 3 nitrogen and oxygen atoms in total. The molecule has 0 amide bonds. The maximum Gasteiger partial charge on any atom is 0.141 e. The zero-order chi connectivity index (χ0) is 10.8. The van der Waals surface area contributed by atoms with Crippen LogP contribution in [0.1, 0.15) is 23.5 Å². The molecule has 0 aromatic heterocycles. The van der Waals surface area contributed by atoms with Crippen molar-refractivity contribution in [2.24, 2.45) is 0 Å². The summed E-state index contributed by atoms with van der Waals surface area (Å²) in [6, 6.07) is 4.30. The Balaban J connectivity index is 2.55. The highest BCUT2D eigenvalue weighted by Crippen LogP contribution is 2.34. The normalized spacial score (nSPS) is 18.5. The van der Waals surface area contributed by atoms with Gasteiger partial charge in [0.1, 0.15) is 23.9 Å². The van der Waals surface area contributed by atoms with Crippen LogP contribution in [0.4, 0.5) is 4.39 Å². The number of carbonyl (C=O) groups is 1. The van der Waals surface area contributed by atoms with E-state index in [2.05, 4.69) is 0 Å². The van der Waals surface area contributed by atoms with Crippen LogP contribution in [0.25, 0.3) is 0 Å². The standard InChI is InChI=1S/C11H8FNO2/c12-10-4-9-7(6-14)1-2-15-11(9)3-8(10)5-13/h3-4,6-7H,1-2H2/t7-/m0/s1. The molecule has 1 aliphatic heterocycles. The number of nitrogens with zero attached hydrogens (tertiary/aromatic N) is 1. The minimum atomic E-state index is -0.603. The van der Waals surface area contributed by atoms with Crippen molar-refractivity contribution in [1.29, 1.82) is 5.26 Å². The Morgan fingerprint density at radius 1 is 1.60 bits per heavy atom. The summed E-state index contributed by atoms with van der Waals surface area (Å²) in [6.07, 6.45) is 1.34. The lowest BCUT2D eigenvalue weighted by Crippen LogP contribution is -2.15. The van der Waals surface area contributed by atoms with Crippen LogP contribution in [0.5, 0.6) is 5.75 Å². The monoisotopic (exact) mass is 205 g/mol. The van der Waals surface area contributed by atoms with Gasteiger partial charge in [-0.15, -0.1) is 0 Å². The highest BCUT2D eigenvalue weighted by molar-refractivity contribution is 5.65. The lowest BCUT2D eigenvalue weighted by Gasteiger charge is -2.22. The quantitative estimate of drug-likeness (QED) is 0.656. The van der Waals surface area contributed by atoms with E-state index < -0.39 is 5.82 Å². The van der Waals surface area contributed by atoms with Gasteiger partial charge in [-0.3, -0.25) is 0 Å². The Morgan fingerprint density at radius 3 is 3.07 bits per heavy atom. The van der Waals surface area contributed by atoms with Gasteiger partial charge in [0, 0.05) is 17.5 Å². The summed E-state index contributed by atoms with van der Waals surface area (Å²) in [5.74, 6) is -0.485. The fraction of sp³-hybridized carbons (Fsp3) is 0.273. The van der Waals surface area contributed by atoms with Crippen molar-refractivity contribution in [2.45, 2.75) is 12.3 Å². The topological polar surface area (TPSA) is 50.1 Å². The molecule has 76 valence electrons. The highest BCUT2D eigenvalue weighted by atomic mass is 19.1. The number of hydrogen-bond acceptors (Lipinski definition) is 3. The molecule has 1 atom stereocenters. The first-order valence-electron chi connectivity index (χ1n) is 4.58. The molecule has 2 rings (SSSR count). The second kappa shape index (κ2) is 3.70. The van der Waals surface area contributed by atoms with E-state index in [1.54, 1.807) is 6.07 Å². The first-order valence-corrected chi connectivity index (χ1v) is 4.58. The molecule has 1 aromatic carbocycles. The SMILES string of the molecule is N#Cc1cc2c(cc1F)[C@H](C=O)CCO2. The second-order valence-corrected chi connectivity index (χ2v) is 3.36. The Bertz CT molecular complexity index is 451. The average molecular weight is 205 g/mol. The Hall–Kier alpha value is -1.89. The van der Waals surface area contributed by atoms with E-state index in [0.29, 0.717) is 24.3 Å². The molecule has 0 saturated heterocycles. The van der Waals surface area contributed by atoms with Gasteiger partial charge < -0.3 is 9.53 Å². The molecule has 1 aliphatic rings. The van der Waals surface area contributed by atoms with Crippen molar-refractivity contribution >= 4 is 6.29 Å². The smallest absolute Gasteiger partial charge is 0.141 e. The minimum Gasteiger partial charge on any atom is -0.493 e. The summed E-state index contributed by atoms with van der Waals surface area (Å²) in [4.78, 5) is 10.7. The maximum absolute atomic E-state index is 13.3. The third kappa shape index (κ3) is 1.57. The first-order chi connectivity index (χ1) is 7.26. The van der Waals surface area contributed by atoms with Gasteiger partial charge in [-0.05, 0) is 12.5 Å². The van der Waals surface area contributed by atoms with Crippen LogP contribution in [0.15, 0.2) is 12.1 Å². The van der Waals surface area contributed by atoms with Crippen LogP contribution >= 0.6 is 0 Å². The van der Waals surface area contributed by atoms with Gasteiger partial charge in [0.05, 0.1) is 12.2 Å². The predicted molar refractivity (Wildman–Crippen MR) is 50.0 cm³/mol. The summed E-state index contributed by atoms with van der Waals surface area (Å²) < 4.78 is 18.6. The molecule has 0 fully saturated rings. The number of nitriles is 1. The van der Waals surface area contributed by atoms with Crippen LogP contribution in [0.2, 0.25) is 0 Å². The van der Waals surface area contributed by atoms with Gasteiger partial charge in [0.15, 0.2) is 0 Å². The van der Waals surface area contributed by atoms with Gasteiger partial charge >= 0.3 is 0 Å². The molecule has 15 heavy (non-hydrogen) atoms. The Morgan fingerprint density at radius 2 is 2.40 bits per heavy atom. The van der Waals surface area contributed by atoms with Crippen molar-refractivity contribution in [3.8, 4) is 11.8 Å². The van der Waals surface area contributed by atoms with Gasteiger partial charge in [-0.1, -0.05) is 0 Å². The van der Waals surface area contributed by atoms with Crippen LogP contribution in [0, 0.1) is 17.1 Å². The molecule has 1 aromatic rings. The number of halogens is 1. The van der Waals surface area contributed by atoms with E-state index in [9.17, 15) is 9.18 Å². The van der Waals surface area contributed by atoms with Crippen LogP contribution < -0.4 is 4.74 Å². The fourth-order valence-electron chi connectivity index (χ4n) is 1.66. The third-order valence-corrected chi connectivity index (χ3v) is 2.47. The summed E-state index contributed by atoms with van der Waals surface area (Å²) >= 11 is 0. The zero-order valence-corrected chi connectivity index (χ0v) is 7.87. The van der Waals surface area contributed by atoms with E-state index in [1.807, 2.05) is 0 Å². The minimum absolute atomic E-state index is 0.0553. The van der Waals surface area contributed by atoms with E-state index >= 15 is 0 Å². The van der Waals surface area contributed by atoms with Crippen LogP contribution in [-0.2, 0) is 4.79 Å². The number of aldehydes is 1. The number of carbonyl (C=O) groups excluding carboxylic acids is 1. The number of ether oxygens (including phenoxy) is 1. The molecule has 0 N–H and O–H groups in total.